The third-order valence-corrected chi connectivity index (χ3v) is 5.24. The molecule has 4 rings (SSSR count). The molecule has 1 aliphatic rings. The molecule has 0 unspecified atom stereocenters. The number of piperazine rings is 1. The van der Waals surface area contributed by atoms with E-state index < -0.39 is 0 Å². The van der Waals surface area contributed by atoms with E-state index in [-0.39, 0.29) is 5.91 Å². The Bertz CT molecular complexity index is 971. The molecule has 5 nitrogen and oxygen atoms in total. The van der Waals surface area contributed by atoms with Gasteiger partial charge in [-0.25, -0.2) is 4.68 Å². The number of hydrogen-bond donors (Lipinski definition) is 0. The van der Waals surface area contributed by atoms with E-state index in [9.17, 15) is 4.79 Å². The van der Waals surface area contributed by atoms with Crippen molar-refractivity contribution < 1.29 is 4.79 Å². The molecule has 148 valence electrons. The lowest BCUT2D eigenvalue weighted by Gasteiger charge is -2.33. The first-order valence-corrected chi connectivity index (χ1v) is 10.1. The molecule has 0 atom stereocenters. The van der Waals surface area contributed by atoms with Crippen LogP contribution in [0.2, 0.25) is 0 Å². The molecule has 0 aliphatic carbocycles. The first-order valence-electron chi connectivity index (χ1n) is 10.1. The Labute approximate surface area is 171 Å². The van der Waals surface area contributed by atoms with Crippen LogP contribution in [0.4, 0.5) is 0 Å². The van der Waals surface area contributed by atoms with Crippen LogP contribution in [0.1, 0.15) is 21.7 Å². The quantitative estimate of drug-likeness (QED) is 0.672. The van der Waals surface area contributed by atoms with Crippen molar-refractivity contribution in [3.8, 4) is 5.69 Å². The molecule has 2 heterocycles. The molecule has 1 amide bonds. The third-order valence-electron chi connectivity index (χ3n) is 5.24. The first-order chi connectivity index (χ1) is 14.2. The van der Waals surface area contributed by atoms with Crippen LogP contribution in [0.15, 0.2) is 72.8 Å². The summed E-state index contributed by atoms with van der Waals surface area (Å²) >= 11 is 0. The van der Waals surface area contributed by atoms with Crippen LogP contribution < -0.4 is 0 Å². The van der Waals surface area contributed by atoms with E-state index in [0.29, 0.717) is 5.69 Å². The Balaban J connectivity index is 1.33. The molecule has 0 bridgehead atoms. The zero-order valence-corrected chi connectivity index (χ0v) is 16.7. The highest BCUT2D eigenvalue weighted by molar-refractivity contribution is 5.92. The number of amides is 1. The zero-order valence-electron chi connectivity index (χ0n) is 16.7. The van der Waals surface area contributed by atoms with Gasteiger partial charge in [-0.15, -0.1) is 0 Å². The molecular weight excluding hydrogens is 360 g/mol. The predicted octanol–water partition coefficient (Wildman–Crippen LogP) is 3.65. The number of rotatable bonds is 5. The van der Waals surface area contributed by atoms with E-state index in [0.717, 1.165) is 44.1 Å². The molecular formula is C24H26N4O. The average molecular weight is 386 g/mol. The number of nitrogens with zero attached hydrogens (tertiary/aromatic N) is 4. The van der Waals surface area contributed by atoms with Crippen LogP contribution in [0, 0.1) is 6.92 Å². The van der Waals surface area contributed by atoms with Crippen molar-refractivity contribution in [1.82, 2.24) is 19.6 Å². The molecule has 0 radical (unpaired) electrons. The summed E-state index contributed by atoms with van der Waals surface area (Å²) in [6.45, 7) is 6.10. The van der Waals surface area contributed by atoms with E-state index in [1.54, 1.807) is 0 Å². The summed E-state index contributed by atoms with van der Waals surface area (Å²) in [6.07, 6.45) is 4.34. The Kier molecular flexibility index (Phi) is 5.86. The van der Waals surface area contributed by atoms with Crippen molar-refractivity contribution in [1.29, 1.82) is 0 Å². The lowest BCUT2D eigenvalue weighted by molar-refractivity contribution is 0.0644. The number of hydrogen-bond acceptors (Lipinski definition) is 3. The molecule has 2 aromatic carbocycles. The van der Waals surface area contributed by atoms with Crippen LogP contribution in [0.5, 0.6) is 0 Å². The lowest BCUT2D eigenvalue weighted by Crippen LogP contribution is -2.48. The summed E-state index contributed by atoms with van der Waals surface area (Å²) in [5.74, 6) is 0.0160. The van der Waals surface area contributed by atoms with Gasteiger partial charge in [0, 0.05) is 38.4 Å². The van der Waals surface area contributed by atoms with Gasteiger partial charge in [-0.2, -0.15) is 5.10 Å². The van der Waals surface area contributed by atoms with Crippen molar-refractivity contribution >= 4 is 12.0 Å². The van der Waals surface area contributed by atoms with Gasteiger partial charge in [-0.05, 0) is 30.7 Å². The van der Waals surface area contributed by atoms with Gasteiger partial charge in [0.05, 0.1) is 5.69 Å². The highest BCUT2D eigenvalue weighted by Gasteiger charge is 2.24. The maximum absolute atomic E-state index is 12.9. The molecule has 0 N–H and O–H groups in total. The molecule has 1 fully saturated rings. The van der Waals surface area contributed by atoms with Crippen LogP contribution in [0.3, 0.4) is 0 Å². The zero-order chi connectivity index (χ0) is 20.1. The Morgan fingerprint density at radius 2 is 1.62 bits per heavy atom. The standard InChI is InChI=1S/C24H26N4O/c1-20-19-23(25-28(20)22-12-6-3-7-13-22)24(29)27-17-15-26(16-18-27)14-8-11-21-9-4-2-5-10-21/h2-13,19H,14-18H2,1H3/b11-8+. The Hall–Kier alpha value is -3.18. The number of aromatic nitrogens is 2. The van der Waals surface area contributed by atoms with Crippen LogP contribution in [-0.2, 0) is 0 Å². The summed E-state index contributed by atoms with van der Waals surface area (Å²) in [6, 6.07) is 22.1. The van der Waals surface area contributed by atoms with Crippen molar-refractivity contribution in [2.75, 3.05) is 32.7 Å². The smallest absolute Gasteiger partial charge is 0.274 e. The van der Waals surface area contributed by atoms with Crippen LogP contribution in [0.25, 0.3) is 11.8 Å². The van der Waals surface area contributed by atoms with E-state index in [1.165, 1.54) is 5.56 Å². The number of carbonyl (C=O) groups is 1. The van der Waals surface area contributed by atoms with E-state index in [1.807, 2.05) is 71.1 Å². The van der Waals surface area contributed by atoms with Gasteiger partial charge in [0.15, 0.2) is 5.69 Å². The number of aryl methyl sites for hydroxylation is 1. The van der Waals surface area contributed by atoms with Gasteiger partial charge >= 0.3 is 0 Å². The van der Waals surface area contributed by atoms with Crippen molar-refractivity contribution in [3.05, 3.63) is 89.8 Å². The minimum atomic E-state index is 0.0160. The van der Waals surface area contributed by atoms with Gasteiger partial charge in [-0.3, -0.25) is 9.69 Å². The highest BCUT2D eigenvalue weighted by Crippen LogP contribution is 2.14. The lowest BCUT2D eigenvalue weighted by atomic mass is 10.2. The minimum Gasteiger partial charge on any atom is -0.335 e. The second kappa shape index (κ2) is 8.88. The average Bonchev–Trinajstić information content (AvgIpc) is 3.17. The van der Waals surface area contributed by atoms with Gasteiger partial charge in [0.1, 0.15) is 0 Å². The van der Waals surface area contributed by atoms with Crippen LogP contribution in [-0.4, -0.2) is 58.2 Å². The van der Waals surface area contributed by atoms with Gasteiger partial charge in [0.25, 0.3) is 5.91 Å². The molecule has 0 spiro atoms. The molecule has 5 heteroatoms. The predicted molar refractivity (Wildman–Crippen MR) is 116 cm³/mol. The highest BCUT2D eigenvalue weighted by atomic mass is 16.2. The summed E-state index contributed by atoms with van der Waals surface area (Å²) in [5.41, 5.74) is 3.66. The monoisotopic (exact) mass is 386 g/mol. The summed E-state index contributed by atoms with van der Waals surface area (Å²) < 4.78 is 1.83. The second-order valence-corrected chi connectivity index (χ2v) is 7.32. The molecule has 1 aromatic heterocycles. The fourth-order valence-electron chi connectivity index (χ4n) is 3.61. The maximum Gasteiger partial charge on any atom is 0.274 e. The maximum atomic E-state index is 12.9. The number of benzene rings is 2. The van der Waals surface area contributed by atoms with Gasteiger partial charge < -0.3 is 4.90 Å². The van der Waals surface area contributed by atoms with Crippen LogP contribution >= 0.6 is 0 Å². The van der Waals surface area contributed by atoms with E-state index in [4.69, 9.17) is 0 Å². The topological polar surface area (TPSA) is 41.4 Å². The second-order valence-electron chi connectivity index (χ2n) is 7.32. The van der Waals surface area contributed by atoms with Gasteiger partial charge in [0.2, 0.25) is 0 Å². The van der Waals surface area contributed by atoms with Gasteiger partial charge in [-0.1, -0.05) is 60.7 Å². The van der Waals surface area contributed by atoms with Crippen molar-refractivity contribution in [2.24, 2.45) is 0 Å². The molecule has 1 saturated heterocycles. The largest absolute Gasteiger partial charge is 0.335 e. The minimum absolute atomic E-state index is 0.0160. The SMILES string of the molecule is Cc1cc(C(=O)N2CCN(C/C=C/c3ccccc3)CC2)nn1-c1ccccc1. The number of para-hydroxylation sites is 1. The summed E-state index contributed by atoms with van der Waals surface area (Å²) in [7, 11) is 0. The fraction of sp³-hybridized carbons (Fsp3) is 0.250. The van der Waals surface area contributed by atoms with Crippen molar-refractivity contribution in [2.45, 2.75) is 6.92 Å². The first kappa shape index (κ1) is 19.2. The van der Waals surface area contributed by atoms with E-state index in [2.05, 4.69) is 34.3 Å². The fourth-order valence-corrected chi connectivity index (χ4v) is 3.61. The normalized spacial score (nSPS) is 15.1. The Morgan fingerprint density at radius 3 is 2.31 bits per heavy atom. The third kappa shape index (κ3) is 4.63. The van der Waals surface area contributed by atoms with Crippen molar-refractivity contribution in [3.63, 3.8) is 0 Å². The molecule has 29 heavy (non-hydrogen) atoms. The van der Waals surface area contributed by atoms with E-state index >= 15 is 0 Å². The Morgan fingerprint density at radius 1 is 0.966 bits per heavy atom. The molecule has 0 saturated carbocycles. The summed E-state index contributed by atoms with van der Waals surface area (Å²) in [5, 5.41) is 4.56. The number of carbonyl (C=O) groups excluding carboxylic acids is 1. The molecule has 1 aliphatic heterocycles. The summed E-state index contributed by atoms with van der Waals surface area (Å²) in [4.78, 5) is 17.2. The molecule has 3 aromatic rings.